The van der Waals surface area contributed by atoms with E-state index in [1.54, 1.807) is 55.3 Å². The molecule has 32 heavy (non-hydrogen) atoms. The molecule has 0 aliphatic carbocycles. The number of nitrogens with one attached hydrogen (secondary N) is 2. The zero-order valence-electron chi connectivity index (χ0n) is 18.1. The molecule has 3 aromatic rings. The normalized spacial score (nSPS) is 11.3. The first-order valence-electron chi connectivity index (χ1n) is 10.4. The summed E-state index contributed by atoms with van der Waals surface area (Å²) >= 11 is 0. The Bertz CT molecular complexity index is 1180. The number of H-pyrrole nitrogens is 1. The lowest BCUT2D eigenvalue weighted by Crippen LogP contribution is -2.28. The zero-order valence-corrected chi connectivity index (χ0v) is 19.0. The molecular weight excluding hydrogens is 431 g/mol. The topological polar surface area (TPSA) is 95.2 Å². The number of sulfonamides is 1. The SMILES string of the molecule is CCCS(=O)(=O)Nc1cccc(C(=O)N(C)CCCc2cc(-c3cccc(F)c3)n[nH]2)c1. The molecule has 0 fully saturated rings. The number of aromatic amines is 1. The molecule has 1 aromatic heterocycles. The summed E-state index contributed by atoms with van der Waals surface area (Å²) in [6, 6.07) is 14.6. The lowest BCUT2D eigenvalue weighted by atomic mass is 10.1. The molecule has 0 aliphatic rings. The number of halogens is 1. The van der Waals surface area contributed by atoms with E-state index in [4.69, 9.17) is 0 Å². The molecular formula is C23H27FN4O3S. The molecule has 0 bridgehead atoms. The smallest absolute Gasteiger partial charge is 0.253 e. The van der Waals surface area contributed by atoms with Crippen LogP contribution in [-0.4, -0.2) is 48.8 Å². The number of benzene rings is 2. The van der Waals surface area contributed by atoms with Crippen LogP contribution < -0.4 is 4.72 Å². The molecule has 2 N–H and O–H groups in total. The Hall–Kier alpha value is -3.20. The van der Waals surface area contributed by atoms with Crippen molar-refractivity contribution in [2.75, 3.05) is 24.1 Å². The largest absolute Gasteiger partial charge is 0.342 e. The highest BCUT2D eigenvalue weighted by atomic mass is 32.2. The summed E-state index contributed by atoms with van der Waals surface area (Å²) in [7, 11) is -1.71. The first-order valence-corrected chi connectivity index (χ1v) is 12.1. The maximum atomic E-state index is 13.4. The highest BCUT2D eigenvalue weighted by Gasteiger charge is 2.14. The van der Waals surface area contributed by atoms with Gasteiger partial charge in [-0.05, 0) is 55.7 Å². The van der Waals surface area contributed by atoms with E-state index < -0.39 is 10.0 Å². The lowest BCUT2D eigenvalue weighted by molar-refractivity contribution is 0.0793. The van der Waals surface area contributed by atoms with Crippen molar-refractivity contribution in [2.24, 2.45) is 0 Å². The first-order chi connectivity index (χ1) is 15.3. The second-order valence-corrected chi connectivity index (χ2v) is 9.46. The van der Waals surface area contributed by atoms with Gasteiger partial charge in [0.15, 0.2) is 0 Å². The monoisotopic (exact) mass is 458 g/mol. The van der Waals surface area contributed by atoms with Crippen molar-refractivity contribution in [3.05, 3.63) is 71.7 Å². The second kappa shape index (κ2) is 10.4. The fraction of sp³-hybridized carbons (Fsp3) is 0.304. The Morgan fingerprint density at radius 2 is 1.94 bits per heavy atom. The van der Waals surface area contributed by atoms with Gasteiger partial charge in [-0.25, -0.2) is 12.8 Å². The summed E-state index contributed by atoms with van der Waals surface area (Å²) in [6.45, 7) is 2.30. The Labute approximate surface area is 187 Å². The summed E-state index contributed by atoms with van der Waals surface area (Å²) in [5.41, 5.74) is 3.07. The zero-order chi connectivity index (χ0) is 23.1. The van der Waals surface area contributed by atoms with Gasteiger partial charge >= 0.3 is 0 Å². The maximum Gasteiger partial charge on any atom is 0.253 e. The first kappa shape index (κ1) is 23.5. The van der Waals surface area contributed by atoms with Crippen molar-refractivity contribution >= 4 is 21.6 Å². The molecule has 0 spiro atoms. The molecule has 9 heteroatoms. The van der Waals surface area contributed by atoms with Crippen LogP contribution in [-0.2, 0) is 16.4 Å². The highest BCUT2D eigenvalue weighted by molar-refractivity contribution is 7.92. The predicted molar refractivity (Wildman–Crippen MR) is 123 cm³/mol. The van der Waals surface area contributed by atoms with Gasteiger partial charge in [-0.2, -0.15) is 5.10 Å². The van der Waals surface area contributed by atoms with Crippen LogP contribution in [0.3, 0.4) is 0 Å². The number of carbonyl (C=O) groups excluding carboxylic acids is 1. The Kier molecular flexibility index (Phi) is 7.63. The number of hydrogen-bond acceptors (Lipinski definition) is 4. The summed E-state index contributed by atoms with van der Waals surface area (Å²) < 4.78 is 39.8. The fourth-order valence-corrected chi connectivity index (χ4v) is 4.45. The van der Waals surface area contributed by atoms with Crippen LogP contribution in [0.15, 0.2) is 54.6 Å². The number of hydrogen-bond donors (Lipinski definition) is 2. The van der Waals surface area contributed by atoms with Gasteiger partial charge in [-0.15, -0.1) is 0 Å². The highest BCUT2D eigenvalue weighted by Crippen LogP contribution is 2.19. The van der Waals surface area contributed by atoms with E-state index >= 15 is 0 Å². The summed E-state index contributed by atoms with van der Waals surface area (Å²) in [4.78, 5) is 14.3. The van der Waals surface area contributed by atoms with Crippen molar-refractivity contribution in [3.8, 4) is 11.3 Å². The molecule has 0 saturated carbocycles. The summed E-state index contributed by atoms with van der Waals surface area (Å²) in [5, 5.41) is 7.19. The molecule has 3 rings (SSSR count). The number of amides is 1. The quantitative estimate of drug-likeness (QED) is 0.479. The lowest BCUT2D eigenvalue weighted by Gasteiger charge is -2.17. The van der Waals surface area contributed by atoms with E-state index in [9.17, 15) is 17.6 Å². The van der Waals surface area contributed by atoms with Gasteiger partial charge < -0.3 is 4.90 Å². The van der Waals surface area contributed by atoms with Crippen LogP contribution in [0.4, 0.5) is 10.1 Å². The van der Waals surface area contributed by atoms with Crippen LogP contribution in [0.2, 0.25) is 0 Å². The number of carbonyl (C=O) groups is 1. The number of rotatable bonds is 10. The molecule has 7 nitrogen and oxygen atoms in total. The van der Waals surface area contributed by atoms with Crippen molar-refractivity contribution < 1.29 is 17.6 Å². The molecule has 170 valence electrons. The van der Waals surface area contributed by atoms with Crippen molar-refractivity contribution in [2.45, 2.75) is 26.2 Å². The average molecular weight is 459 g/mol. The van der Waals surface area contributed by atoms with E-state index in [-0.39, 0.29) is 17.5 Å². The second-order valence-electron chi connectivity index (χ2n) is 7.62. The van der Waals surface area contributed by atoms with Crippen molar-refractivity contribution in [1.29, 1.82) is 0 Å². The molecule has 1 amide bonds. The number of nitrogens with zero attached hydrogens (tertiary/aromatic N) is 2. The van der Waals surface area contributed by atoms with E-state index in [2.05, 4.69) is 14.9 Å². The number of aromatic nitrogens is 2. The predicted octanol–water partition coefficient (Wildman–Crippen LogP) is 4.07. The maximum absolute atomic E-state index is 13.4. The van der Waals surface area contributed by atoms with Gasteiger partial charge in [0.25, 0.3) is 5.91 Å². The summed E-state index contributed by atoms with van der Waals surface area (Å²) in [5.74, 6) is -0.472. The average Bonchev–Trinajstić information content (AvgIpc) is 3.22. The van der Waals surface area contributed by atoms with Gasteiger partial charge in [-0.3, -0.25) is 14.6 Å². The molecule has 0 atom stereocenters. The molecule has 2 aromatic carbocycles. The Balaban J connectivity index is 1.55. The van der Waals surface area contributed by atoms with Gasteiger partial charge in [0, 0.05) is 36.1 Å². The Morgan fingerprint density at radius 3 is 2.69 bits per heavy atom. The van der Waals surface area contributed by atoms with Crippen LogP contribution in [0, 0.1) is 5.82 Å². The minimum Gasteiger partial charge on any atom is -0.342 e. The third kappa shape index (κ3) is 6.40. The minimum atomic E-state index is -3.42. The number of anilines is 1. The third-order valence-electron chi connectivity index (χ3n) is 4.89. The van der Waals surface area contributed by atoms with Crippen LogP contribution in [0.1, 0.15) is 35.8 Å². The van der Waals surface area contributed by atoms with Gasteiger partial charge in [0.05, 0.1) is 11.4 Å². The van der Waals surface area contributed by atoms with Crippen molar-refractivity contribution in [3.63, 3.8) is 0 Å². The summed E-state index contributed by atoms with van der Waals surface area (Å²) in [6.07, 6.45) is 1.89. The van der Waals surface area contributed by atoms with E-state index in [1.807, 2.05) is 6.07 Å². The van der Waals surface area contributed by atoms with Crippen LogP contribution in [0.5, 0.6) is 0 Å². The van der Waals surface area contributed by atoms with E-state index in [0.29, 0.717) is 48.3 Å². The molecule has 0 radical (unpaired) electrons. The molecule has 0 saturated heterocycles. The third-order valence-corrected chi connectivity index (χ3v) is 6.39. The van der Waals surface area contributed by atoms with Gasteiger partial charge in [0.1, 0.15) is 5.82 Å². The minimum absolute atomic E-state index is 0.0274. The van der Waals surface area contributed by atoms with Crippen LogP contribution in [0.25, 0.3) is 11.3 Å². The van der Waals surface area contributed by atoms with Gasteiger partial charge in [0.2, 0.25) is 10.0 Å². The van der Waals surface area contributed by atoms with Crippen molar-refractivity contribution in [1.82, 2.24) is 15.1 Å². The number of aryl methyl sites for hydroxylation is 1. The van der Waals surface area contributed by atoms with E-state index in [1.165, 1.54) is 12.1 Å². The standard InChI is InChI=1S/C23H27FN4O3S/c1-3-13-32(30,31)27-21-10-5-8-18(15-21)23(29)28(2)12-6-11-20-16-22(26-25-20)17-7-4-9-19(24)14-17/h4-5,7-10,14-16,27H,3,6,11-13H2,1-2H3,(H,25,26). The van der Waals surface area contributed by atoms with Crippen LogP contribution >= 0.6 is 0 Å². The fourth-order valence-electron chi connectivity index (χ4n) is 3.33. The van der Waals surface area contributed by atoms with E-state index in [0.717, 1.165) is 5.69 Å². The molecule has 0 unspecified atom stereocenters. The Morgan fingerprint density at radius 1 is 1.16 bits per heavy atom. The molecule has 1 heterocycles. The van der Waals surface area contributed by atoms with Gasteiger partial charge in [-0.1, -0.05) is 25.1 Å². The molecule has 0 aliphatic heterocycles.